The molecular weight excluding hydrogens is 306 g/mol. The number of carbonyl (C=O) groups excluding carboxylic acids is 1. The zero-order valence-corrected chi connectivity index (χ0v) is 13.0. The summed E-state index contributed by atoms with van der Waals surface area (Å²) in [5.74, 6) is -0.0312. The summed E-state index contributed by atoms with van der Waals surface area (Å²) in [6.07, 6.45) is -0.471. The Morgan fingerprint density at radius 2 is 1.76 bits per heavy atom. The van der Waals surface area contributed by atoms with Gasteiger partial charge in [-0.3, -0.25) is 9.10 Å². The third kappa shape index (κ3) is 2.67. The highest BCUT2D eigenvalue weighted by Gasteiger charge is 2.50. The average molecular weight is 320 g/mol. The Balaban J connectivity index is 1.89. The van der Waals surface area contributed by atoms with Gasteiger partial charge in [0.05, 0.1) is 0 Å². The number of hydrogen-bond donors (Lipinski definition) is 0. The number of ether oxygens (including phenoxy) is 1. The van der Waals surface area contributed by atoms with E-state index in [1.807, 2.05) is 54.6 Å². The second-order valence-electron chi connectivity index (χ2n) is 4.69. The van der Waals surface area contributed by atoms with Gasteiger partial charge in [-0.25, -0.2) is 0 Å². The monoisotopic (exact) mass is 319 g/mol. The predicted octanol–water partition coefficient (Wildman–Crippen LogP) is 3.95. The number of methoxy groups -OCH3 is 1. The van der Waals surface area contributed by atoms with Crippen molar-refractivity contribution in [3.8, 4) is 0 Å². The molecule has 1 heterocycles. The van der Waals surface area contributed by atoms with Crippen molar-refractivity contribution < 1.29 is 9.53 Å². The van der Waals surface area contributed by atoms with Crippen LogP contribution in [0.1, 0.15) is 11.6 Å². The lowest BCUT2D eigenvalue weighted by molar-refractivity contribution is -0.158. The zero-order chi connectivity index (χ0) is 14.8. The summed E-state index contributed by atoms with van der Waals surface area (Å²) in [6, 6.07) is 17.2. The molecule has 0 radical (unpaired) electrons. The minimum absolute atomic E-state index is 0.0312. The zero-order valence-electron chi connectivity index (χ0n) is 11.4. The van der Waals surface area contributed by atoms with Crippen LogP contribution in [0.2, 0.25) is 5.02 Å². The summed E-state index contributed by atoms with van der Waals surface area (Å²) in [7, 11) is 1.55. The maximum Gasteiger partial charge on any atom is 0.265 e. The SMILES string of the molecule is CO[C@H]1C(=O)N(Sc2ccccc2)[C@H]1c1ccccc1Cl. The molecule has 1 saturated heterocycles. The molecule has 0 bridgehead atoms. The maximum atomic E-state index is 12.2. The third-order valence-corrected chi connectivity index (χ3v) is 4.86. The molecule has 2 aromatic carbocycles. The van der Waals surface area contributed by atoms with Gasteiger partial charge in [0.2, 0.25) is 0 Å². The van der Waals surface area contributed by atoms with Crippen molar-refractivity contribution in [1.29, 1.82) is 0 Å². The molecule has 1 aliphatic rings. The Hall–Kier alpha value is -1.49. The van der Waals surface area contributed by atoms with Crippen LogP contribution in [0.25, 0.3) is 0 Å². The molecule has 108 valence electrons. The Morgan fingerprint density at radius 1 is 1.10 bits per heavy atom. The number of rotatable bonds is 4. The quantitative estimate of drug-likeness (QED) is 0.631. The number of halogens is 1. The molecule has 3 nitrogen and oxygen atoms in total. The highest BCUT2D eigenvalue weighted by molar-refractivity contribution is 7.97. The standard InChI is InChI=1S/C16H14ClNO2S/c1-20-15-14(12-9-5-6-10-13(12)17)18(16(15)19)21-11-7-3-2-4-8-11/h2-10,14-15H,1H3/t14-,15+/m0/s1. The topological polar surface area (TPSA) is 29.5 Å². The Bertz CT molecular complexity index is 650. The van der Waals surface area contributed by atoms with Gasteiger partial charge in [-0.2, -0.15) is 0 Å². The van der Waals surface area contributed by atoms with Crippen LogP contribution in [0.4, 0.5) is 0 Å². The number of amides is 1. The fourth-order valence-corrected chi connectivity index (χ4v) is 3.65. The summed E-state index contributed by atoms with van der Waals surface area (Å²) >= 11 is 7.68. The average Bonchev–Trinajstić information content (AvgIpc) is 2.52. The highest BCUT2D eigenvalue weighted by Crippen LogP contribution is 2.45. The van der Waals surface area contributed by atoms with Crippen LogP contribution in [0, 0.1) is 0 Å². The van der Waals surface area contributed by atoms with E-state index in [0.717, 1.165) is 10.5 Å². The third-order valence-electron chi connectivity index (χ3n) is 3.42. The number of hydrogen-bond acceptors (Lipinski definition) is 3. The molecule has 0 N–H and O–H groups in total. The van der Waals surface area contributed by atoms with E-state index in [9.17, 15) is 4.79 Å². The van der Waals surface area contributed by atoms with Crippen LogP contribution in [0.5, 0.6) is 0 Å². The molecule has 3 rings (SSSR count). The molecule has 1 fully saturated rings. The fourth-order valence-electron chi connectivity index (χ4n) is 2.37. The lowest BCUT2D eigenvalue weighted by atomic mass is 9.94. The summed E-state index contributed by atoms with van der Waals surface area (Å²) in [5, 5.41) is 0.649. The van der Waals surface area contributed by atoms with E-state index >= 15 is 0 Å². The molecule has 1 aliphatic heterocycles. The highest BCUT2D eigenvalue weighted by atomic mass is 35.5. The van der Waals surface area contributed by atoms with Crippen LogP contribution >= 0.6 is 23.5 Å². The first-order valence-corrected chi connectivity index (χ1v) is 7.71. The van der Waals surface area contributed by atoms with Gasteiger partial charge in [-0.05, 0) is 35.7 Å². The van der Waals surface area contributed by atoms with Crippen molar-refractivity contribution in [2.45, 2.75) is 17.0 Å². The molecule has 5 heteroatoms. The summed E-state index contributed by atoms with van der Waals surface area (Å²) in [6.45, 7) is 0. The second kappa shape index (κ2) is 6.10. The van der Waals surface area contributed by atoms with Gasteiger partial charge in [0, 0.05) is 17.0 Å². The number of carbonyl (C=O) groups is 1. The lowest BCUT2D eigenvalue weighted by Crippen LogP contribution is -2.56. The molecule has 21 heavy (non-hydrogen) atoms. The Morgan fingerprint density at radius 3 is 2.43 bits per heavy atom. The van der Waals surface area contributed by atoms with E-state index in [-0.39, 0.29) is 11.9 Å². The molecule has 0 aliphatic carbocycles. The smallest absolute Gasteiger partial charge is 0.265 e. The van der Waals surface area contributed by atoms with Gasteiger partial charge in [0.25, 0.3) is 5.91 Å². The van der Waals surface area contributed by atoms with Crippen LogP contribution in [0.3, 0.4) is 0 Å². The fraction of sp³-hybridized carbons (Fsp3) is 0.188. The molecule has 2 atom stereocenters. The van der Waals surface area contributed by atoms with Crippen molar-refractivity contribution in [1.82, 2.24) is 4.31 Å². The minimum atomic E-state index is -0.471. The van der Waals surface area contributed by atoms with Crippen LogP contribution in [-0.2, 0) is 9.53 Å². The van der Waals surface area contributed by atoms with Crippen LogP contribution in [-0.4, -0.2) is 23.4 Å². The van der Waals surface area contributed by atoms with E-state index in [1.54, 1.807) is 11.4 Å². The number of β-lactam (4-membered cyclic amide) rings is 1. The number of benzene rings is 2. The first-order chi connectivity index (χ1) is 10.2. The van der Waals surface area contributed by atoms with Crippen LogP contribution in [0.15, 0.2) is 59.5 Å². The summed E-state index contributed by atoms with van der Waals surface area (Å²) in [5.41, 5.74) is 0.911. The van der Waals surface area contributed by atoms with Gasteiger partial charge < -0.3 is 4.74 Å². The van der Waals surface area contributed by atoms with E-state index in [1.165, 1.54) is 11.9 Å². The van der Waals surface area contributed by atoms with Gasteiger partial charge in [0.1, 0.15) is 6.04 Å². The molecule has 0 unspecified atom stereocenters. The molecule has 0 saturated carbocycles. The summed E-state index contributed by atoms with van der Waals surface area (Å²) in [4.78, 5) is 13.2. The van der Waals surface area contributed by atoms with Crippen molar-refractivity contribution >= 4 is 29.5 Å². The van der Waals surface area contributed by atoms with Gasteiger partial charge >= 0.3 is 0 Å². The van der Waals surface area contributed by atoms with Gasteiger partial charge in [0.15, 0.2) is 6.10 Å². The normalized spacial score (nSPS) is 21.2. The largest absolute Gasteiger partial charge is 0.369 e. The molecular formula is C16H14ClNO2S. The van der Waals surface area contributed by atoms with E-state index in [0.29, 0.717) is 5.02 Å². The molecule has 1 amide bonds. The first kappa shape index (κ1) is 14.4. The predicted molar refractivity (Wildman–Crippen MR) is 84.1 cm³/mol. The Labute approximate surface area is 133 Å². The van der Waals surface area contributed by atoms with E-state index in [2.05, 4.69) is 0 Å². The van der Waals surface area contributed by atoms with E-state index in [4.69, 9.17) is 16.3 Å². The first-order valence-electron chi connectivity index (χ1n) is 6.55. The molecule has 2 aromatic rings. The van der Waals surface area contributed by atoms with Crippen LogP contribution < -0.4 is 0 Å². The van der Waals surface area contributed by atoms with Gasteiger partial charge in [-0.1, -0.05) is 48.0 Å². The van der Waals surface area contributed by atoms with E-state index < -0.39 is 6.10 Å². The maximum absolute atomic E-state index is 12.2. The van der Waals surface area contributed by atoms with Gasteiger partial charge in [-0.15, -0.1) is 0 Å². The lowest BCUT2D eigenvalue weighted by Gasteiger charge is -2.45. The molecule has 0 spiro atoms. The Kier molecular flexibility index (Phi) is 4.19. The van der Waals surface area contributed by atoms with Crippen molar-refractivity contribution in [3.63, 3.8) is 0 Å². The van der Waals surface area contributed by atoms with Crippen molar-refractivity contribution in [3.05, 3.63) is 65.2 Å². The van der Waals surface area contributed by atoms with Crippen molar-refractivity contribution in [2.24, 2.45) is 0 Å². The summed E-state index contributed by atoms with van der Waals surface area (Å²) < 4.78 is 7.05. The van der Waals surface area contributed by atoms with Crippen molar-refractivity contribution in [2.75, 3.05) is 7.11 Å². The second-order valence-corrected chi connectivity index (χ2v) is 6.15. The minimum Gasteiger partial charge on any atom is -0.369 e. The number of nitrogens with zero attached hydrogens (tertiary/aromatic N) is 1. The molecule has 0 aromatic heterocycles.